The fourth-order valence-corrected chi connectivity index (χ4v) is 5.95. The van der Waals surface area contributed by atoms with Gasteiger partial charge in [0.15, 0.2) is 5.17 Å². The number of hydrogen-bond donors (Lipinski definition) is 1. The van der Waals surface area contributed by atoms with Crippen molar-refractivity contribution in [1.29, 1.82) is 0 Å². The number of carbonyl (C=O) groups is 1. The van der Waals surface area contributed by atoms with Crippen molar-refractivity contribution in [3.05, 3.63) is 57.6 Å². The summed E-state index contributed by atoms with van der Waals surface area (Å²) in [6, 6.07) is 10.1. The molecule has 0 fully saturated rings. The number of anilines is 1. The lowest BCUT2D eigenvalue weighted by Crippen LogP contribution is -2.35. The number of amides is 1. The van der Waals surface area contributed by atoms with E-state index >= 15 is 0 Å². The van der Waals surface area contributed by atoms with Gasteiger partial charge >= 0.3 is 0 Å². The largest absolute Gasteiger partial charge is 0.345 e. The molecule has 2 aliphatic heterocycles. The molecule has 2 heterocycles. The molecular weight excluding hydrogens is 441 g/mol. The summed E-state index contributed by atoms with van der Waals surface area (Å²) in [5.74, 6) is -0.265. The number of benzene rings is 2. The molecule has 0 spiro atoms. The average Bonchev–Trinajstić information content (AvgIpc) is 2.96. The van der Waals surface area contributed by atoms with Crippen molar-refractivity contribution in [2.24, 2.45) is 4.40 Å². The first kappa shape index (κ1) is 19.6. The predicted molar refractivity (Wildman–Crippen MR) is 113 cm³/mol. The van der Waals surface area contributed by atoms with Crippen molar-refractivity contribution >= 4 is 61.7 Å². The molecule has 0 aromatic heterocycles. The van der Waals surface area contributed by atoms with Crippen molar-refractivity contribution in [2.75, 3.05) is 17.2 Å². The average molecular weight is 456 g/mol. The van der Waals surface area contributed by atoms with E-state index in [0.29, 0.717) is 27.3 Å². The molecule has 2 aromatic carbocycles. The van der Waals surface area contributed by atoms with E-state index in [1.807, 2.05) is 17.9 Å². The van der Waals surface area contributed by atoms with Gasteiger partial charge in [-0.15, -0.1) is 4.40 Å². The molecule has 2 aliphatic rings. The molecule has 146 valence electrons. The maximum absolute atomic E-state index is 12.7. The highest BCUT2D eigenvalue weighted by atomic mass is 35.5. The van der Waals surface area contributed by atoms with E-state index in [-0.39, 0.29) is 17.7 Å². The zero-order chi connectivity index (χ0) is 20.1. The first-order valence-corrected chi connectivity index (χ1v) is 11.6. The SMILES string of the molecule is C[C@H](NC(=O)c1ccc2c(c1)SC1=NS(=O)(=O)CCN12)c1ccc(Cl)cc1Cl. The lowest BCUT2D eigenvalue weighted by atomic mass is 10.1. The molecule has 0 unspecified atom stereocenters. The molecular formula is C18H15Cl2N3O3S2. The summed E-state index contributed by atoms with van der Waals surface area (Å²) >= 11 is 13.4. The minimum atomic E-state index is -3.41. The number of carbonyl (C=O) groups excluding carboxylic acids is 1. The van der Waals surface area contributed by atoms with Gasteiger partial charge in [-0.25, -0.2) is 8.42 Å². The van der Waals surface area contributed by atoms with E-state index in [9.17, 15) is 13.2 Å². The van der Waals surface area contributed by atoms with Crippen molar-refractivity contribution in [3.8, 4) is 0 Å². The van der Waals surface area contributed by atoms with Gasteiger partial charge in [0.05, 0.1) is 17.5 Å². The van der Waals surface area contributed by atoms with Crippen LogP contribution in [0.3, 0.4) is 0 Å². The summed E-state index contributed by atoms with van der Waals surface area (Å²) in [5, 5.41) is 4.37. The first-order valence-electron chi connectivity index (χ1n) is 8.41. The number of nitrogens with zero attached hydrogens (tertiary/aromatic N) is 2. The highest BCUT2D eigenvalue weighted by Crippen LogP contribution is 2.42. The minimum absolute atomic E-state index is 0.0158. The van der Waals surface area contributed by atoms with Crippen LogP contribution in [-0.4, -0.2) is 31.8 Å². The summed E-state index contributed by atoms with van der Waals surface area (Å²) < 4.78 is 27.2. The fraction of sp³-hybridized carbons (Fsp3) is 0.222. The number of fused-ring (bicyclic) bond motifs is 3. The van der Waals surface area contributed by atoms with Crippen molar-refractivity contribution < 1.29 is 13.2 Å². The Morgan fingerprint density at radius 2 is 2.04 bits per heavy atom. The third-order valence-corrected chi connectivity index (χ3v) is 7.38. The Bertz CT molecular complexity index is 1120. The molecule has 0 bridgehead atoms. The Balaban J connectivity index is 1.55. The zero-order valence-electron chi connectivity index (χ0n) is 14.6. The van der Waals surface area contributed by atoms with Gasteiger partial charge in [-0.3, -0.25) is 4.79 Å². The van der Waals surface area contributed by atoms with E-state index in [4.69, 9.17) is 23.2 Å². The quantitative estimate of drug-likeness (QED) is 0.753. The second-order valence-corrected chi connectivity index (χ2v) is 10.1. The molecule has 0 saturated heterocycles. The first-order chi connectivity index (χ1) is 13.2. The molecule has 0 saturated carbocycles. The highest BCUT2D eigenvalue weighted by molar-refractivity contribution is 8.15. The maximum Gasteiger partial charge on any atom is 0.257 e. The van der Waals surface area contributed by atoms with Crippen LogP contribution in [0.5, 0.6) is 0 Å². The second kappa shape index (κ2) is 7.26. The van der Waals surface area contributed by atoms with Crippen LogP contribution >= 0.6 is 35.0 Å². The topological polar surface area (TPSA) is 78.8 Å². The molecule has 0 radical (unpaired) electrons. The van der Waals surface area contributed by atoms with Crippen LogP contribution in [0.2, 0.25) is 10.0 Å². The van der Waals surface area contributed by atoms with Crippen LogP contribution in [0, 0.1) is 0 Å². The van der Waals surface area contributed by atoms with Crippen LogP contribution in [0.25, 0.3) is 0 Å². The maximum atomic E-state index is 12.7. The van der Waals surface area contributed by atoms with Crippen LogP contribution in [0.15, 0.2) is 45.7 Å². The number of halogens is 2. The Hall–Kier alpha value is -1.74. The molecule has 6 nitrogen and oxygen atoms in total. The van der Waals surface area contributed by atoms with Gasteiger partial charge in [-0.2, -0.15) is 0 Å². The Kier molecular flexibility index (Phi) is 5.07. The number of nitrogens with one attached hydrogen (secondary N) is 1. The van der Waals surface area contributed by atoms with Gasteiger partial charge in [0.1, 0.15) is 0 Å². The third-order valence-electron chi connectivity index (χ3n) is 4.51. The number of hydrogen-bond acceptors (Lipinski definition) is 5. The lowest BCUT2D eigenvalue weighted by molar-refractivity contribution is 0.0939. The Morgan fingerprint density at radius 1 is 1.25 bits per heavy atom. The monoisotopic (exact) mass is 455 g/mol. The fourth-order valence-electron chi connectivity index (χ4n) is 3.08. The molecule has 1 atom stereocenters. The summed E-state index contributed by atoms with van der Waals surface area (Å²) in [4.78, 5) is 15.4. The van der Waals surface area contributed by atoms with E-state index in [1.54, 1.807) is 30.3 Å². The highest BCUT2D eigenvalue weighted by Gasteiger charge is 2.33. The van der Waals surface area contributed by atoms with Crippen LogP contribution < -0.4 is 10.2 Å². The van der Waals surface area contributed by atoms with Gasteiger partial charge in [-0.05, 0) is 54.6 Å². The standard InChI is InChI=1S/C18H15Cl2N3O3S2/c1-10(13-4-3-12(19)9-14(13)20)21-17(24)11-2-5-15-16(8-11)27-18-22-28(25,26)7-6-23(15)18/h2-5,8-10H,6-7H2,1H3,(H,21,24)/t10-/m0/s1. The molecule has 4 rings (SSSR count). The molecule has 1 amide bonds. The number of sulfonamides is 1. The molecule has 10 heteroatoms. The lowest BCUT2D eigenvalue weighted by Gasteiger charge is -2.22. The van der Waals surface area contributed by atoms with Crippen LogP contribution in [0.1, 0.15) is 28.9 Å². The van der Waals surface area contributed by atoms with Crippen LogP contribution in [0.4, 0.5) is 5.69 Å². The van der Waals surface area contributed by atoms with E-state index < -0.39 is 10.0 Å². The molecule has 28 heavy (non-hydrogen) atoms. The normalized spacial score (nSPS) is 18.1. The second-order valence-electron chi connectivity index (χ2n) is 6.46. The number of thioether (sulfide) groups is 1. The Morgan fingerprint density at radius 3 is 2.79 bits per heavy atom. The Labute approximate surface area is 177 Å². The number of rotatable bonds is 3. The molecule has 0 aliphatic carbocycles. The molecule has 2 aromatic rings. The van der Waals surface area contributed by atoms with Gasteiger partial charge < -0.3 is 10.2 Å². The van der Waals surface area contributed by atoms with Gasteiger partial charge in [0.2, 0.25) is 0 Å². The van der Waals surface area contributed by atoms with Gasteiger partial charge in [-0.1, -0.05) is 29.3 Å². The summed E-state index contributed by atoms with van der Waals surface area (Å²) in [5.41, 5.74) is 2.11. The smallest absolute Gasteiger partial charge is 0.257 e. The van der Waals surface area contributed by atoms with E-state index in [2.05, 4.69) is 9.71 Å². The van der Waals surface area contributed by atoms with Crippen molar-refractivity contribution in [3.63, 3.8) is 0 Å². The zero-order valence-corrected chi connectivity index (χ0v) is 17.8. The summed E-state index contributed by atoms with van der Waals surface area (Å²) in [7, 11) is -3.41. The predicted octanol–water partition coefficient (Wildman–Crippen LogP) is 4.10. The van der Waals surface area contributed by atoms with Crippen molar-refractivity contribution in [1.82, 2.24) is 5.32 Å². The van der Waals surface area contributed by atoms with E-state index in [0.717, 1.165) is 16.1 Å². The van der Waals surface area contributed by atoms with Crippen LogP contribution in [-0.2, 0) is 10.0 Å². The van der Waals surface area contributed by atoms with Gasteiger partial charge in [0, 0.05) is 27.0 Å². The summed E-state index contributed by atoms with van der Waals surface area (Å²) in [6.07, 6.45) is 0. The van der Waals surface area contributed by atoms with Gasteiger partial charge in [0.25, 0.3) is 15.9 Å². The van der Waals surface area contributed by atoms with E-state index in [1.165, 1.54) is 11.8 Å². The minimum Gasteiger partial charge on any atom is -0.345 e. The summed E-state index contributed by atoms with van der Waals surface area (Å²) in [6.45, 7) is 2.20. The van der Waals surface area contributed by atoms with Crippen molar-refractivity contribution in [2.45, 2.75) is 17.9 Å². The number of amidine groups is 1. The third kappa shape index (κ3) is 3.74. The molecule has 1 N–H and O–H groups in total.